The molecule has 2 fully saturated rings. The second kappa shape index (κ2) is 8.13. The number of hydrogen-bond donors (Lipinski definition) is 1. The summed E-state index contributed by atoms with van der Waals surface area (Å²) in [5.74, 6) is 1.52. The highest BCUT2D eigenvalue weighted by Gasteiger charge is 2.35. The molecular formula is C23H28N2O2. The first-order valence-electron chi connectivity index (χ1n) is 9.95. The van der Waals surface area contributed by atoms with Gasteiger partial charge in [-0.25, -0.2) is 0 Å². The van der Waals surface area contributed by atoms with Crippen LogP contribution in [0.2, 0.25) is 0 Å². The van der Waals surface area contributed by atoms with E-state index >= 15 is 0 Å². The van der Waals surface area contributed by atoms with Gasteiger partial charge in [0.15, 0.2) is 0 Å². The molecule has 0 aliphatic carbocycles. The van der Waals surface area contributed by atoms with E-state index in [1.54, 1.807) is 7.11 Å². The lowest BCUT2D eigenvalue weighted by molar-refractivity contribution is -0.119. The van der Waals surface area contributed by atoms with E-state index in [-0.39, 0.29) is 5.91 Å². The number of ether oxygens (including phenoxy) is 1. The largest absolute Gasteiger partial charge is 0.497 e. The fourth-order valence-corrected chi connectivity index (χ4v) is 4.55. The number of nitrogens with zero attached hydrogens (tertiary/aromatic N) is 1. The van der Waals surface area contributed by atoms with Gasteiger partial charge in [0.1, 0.15) is 5.75 Å². The maximum Gasteiger partial charge on any atom is 0.227 e. The second-order valence-electron chi connectivity index (χ2n) is 7.84. The molecule has 0 radical (unpaired) electrons. The Morgan fingerprint density at radius 3 is 2.33 bits per heavy atom. The lowest BCUT2D eigenvalue weighted by atomic mass is 9.89. The van der Waals surface area contributed by atoms with E-state index in [4.69, 9.17) is 4.74 Å². The van der Waals surface area contributed by atoms with Crippen molar-refractivity contribution in [1.29, 1.82) is 0 Å². The fourth-order valence-electron chi connectivity index (χ4n) is 4.55. The number of piperidine rings is 1. The molecule has 1 N–H and O–H groups in total. The second-order valence-corrected chi connectivity index (χ2v) is 7.84. The Hall–Kier alpha value is -2.33. The van der Waals surface area contributed by atoms with Crippen LogP contribution in [0.5, 0.6) is 5.75 Å². The zero-order valence-electron chi connectivity index (χ0n) is 15.9. The third-order valence-corrected chi connectivity index (χ3v) is 5.90. The van der Waals surface area contributed by atoms with Crippen molar-refractivity contribution in [3.05, 3.63) is 60.2 Å². The van der Waals surface area contributed by atoms with Crippen LogP contribution in [0.25, 0.3) is 0 Å². The van der Waals surface area contributed by atoms with E-state index in [2.05, 4.69) is 17.4 Å². The average Bonchev–Trinajstić information content (AvgIpc) is 3.05. The van der Waals surface area contributed by atoms with Gasteiger partial charge in [0, 0.05) is 24.2 Å². The third-order valence-electron chi connectivity index (χ3n) is 5.90. The van der Waals surface area contributed by atoms with Gasteiger partial charge in [-0.15, -0.1) is 0 Å². The molecule has 2 aliphatic heterocycles. The van der Waals surface area contributed by atoms with Crippen molar-refractivity contribution < 1.29 is 9.53 Å². The number of anilines is 1. The summed E-state index contributed by atoms with van der Waals surface area (Å²) in [5.41, 5.74) is 2.08. The van der Waals surface area contributed by atoms with Gasteiger partial charge in [0.05, 0.1) is 13.7 Å². The Morgan fingerprint density at radius 2 is 1.70 bits per heavy atom. The summed E-state index contributed by atoms with van der Waals surface area (Å²) in [6.45, 7) is 0.601. The maximum atomic E-state index is 13.3. The molecule has 2 saturated heterocycles. The molecule has 142 valence electrons. The molecule has 0 aromatic heterocycles. The summed E-state index contributed by atoms with van der Waals surface area (Å²) >= 11 is 0. The first kappa shape index (κ1) is 18.1. The van der Waals surface area contributed by atoms with Gasteiger partial charge in [-0.05, 0) is 61.4 Å². The predicted octanol–water partition coefficient (Wildman–Crippen LogP) is 4.15. The maximum absolute atomic E-state index is 13.3. The highest BCUT2D eigenvalue weighted by Crippen LogP contribution is 2.33. The summed E-state index contributed by atoms with van der Waals surface area (Å²) in [6, 6.07) is 19.2. The summed E-state index contributed by atoms with van der Waals surface area (Å²) in [4.78, 5) is 15.2. The van der Waals surface area contributed by atoms with Crippen LogP contribution in [0.3, 0.4) is 0 Å². The Balaban J connectivity index is 1.51. The van der Waals surface area contributed by atoms with Gasteiger partial charge in [-0.3, -0.25) is 4.79 Å². The molecule has 4 rings (SSSR count). The number of methoxy groups -OCH3 is 1. The molecule has 2 unspecified atom stereocenters. The van der Waals surface area contributed by atoms with Crippen LogP contribution in [0.1, 0.15) is 37.7 Å². The molecule has 0 spiro atoms. The van der Waals surface area contributed by atoms with Gasteiger partial charge in [0.25, 0.3) is 0 Å². The topological polar surface area (TPSA) is 41.6 Å². The van der Waals surface area contributed by atoms with Crippen molar-refractivity contribution in [3.63, 3.8) is 0 Å². The van der Waals surface area contributed by atoms with Crippen LogP contribution >= 0.6 is 0 Å². The number of nitrogens with one attached hydrogen (secondary N) is 1. The summed E-state index contributed by atoms with van der Waals surface area (Å²) in [6.07, 6.45) is 5.42. The van der Waals surface area contributed by atoms with E-state index in [1.165, 1.54) is 12.8 Å². The molecule has 0 saturated carbocycles. The zero-order chi connectivity index (χ0) is 18.6. The van der Waals surface area contributed by atoms with E-state index in [0.717, 1.165) is 29.8 Å². The van der Waals surface area contributed by atoms with Crippen LogP contribution in [0.15, 0.2) is 54.6 Å². The minimum absolute atomic E-state index is 0.218. The van der Waals surface area contributed by atoms with Crippen LogP contribution in [-0.4, -0.2) is 25.1 Å². The van der Waals surface area contributed by atoms with Crippen LogP contribution in [-0.2, 0) is 11.3 Å². The molecule has 4 nitrogen and oxygen atoms in total. The normalized spacial score (nSPS) is 23.8. The van der Waals surface area contributed by atoms with Gasteiger partial charge >= 0.3 is 0 Å². The van der Waals surface area contributed by atoms with Gasteiger partial charge in [0.2, 0.25) is 5.91 Å². The summed E-state index contributed by atoms with van der Waals surface area (Å²) in [7, 11) is 1.66. The number of carbonyl (C=O) groups excluding carboxylic acids is 1. The molecule has 2 aromatic rings. The van der Waals surface area contributed by atoms with Crippen LogP contribution < -0.4 is 15.0 Å². The SMILES string of the molecule is COc1ccc(N(Cc2ccccc2)C(=O)CC2CC3CCC(C2)N3)cc1. The first-order chi connectivity index (χ1) is 13.2. The van der Waals surface area contributed by atoms with Crippen molar-refractivity contribution in [2.75, 3.05) is 12.0 Å². The standard InChI is InChI=1S/C23H28N2O2/c1-27-22-11-9-21(10-12-22)25(16-17-5-3-2-4-6-17)23(26)15-18-13-19-7-8-20(14-18)24-19/h2-6,9-12,18-20,24H,7-8,13-16H2,1H3. The van der Waals surface area contributed by atoms with E-state index in [9.17, 15) is 4.79 Å². The Morgan fingerprint density at radius 1 is 1.04 bits per heavy atom. The summed E-state index contributed by atoms with van der Waals surface area (Å²) in [5, 5.41) is 3.67. The molecule has 1 amide bonds. The van der Waals surface area contributed by atoms with E-state index in [0.29, 0.717) is 31.0 Å². The van der Waals surface area contributed by atoms with Crippen LogP contribution in [0.4, 0.5) is 5.69 Å². The lowest BCUT2D eigenvalue weighted by Crippen LogP contribution is -2.40. The fraction of sp³-hybridized carbons (Fsp3) is 0.435. The first-order valence-corrected chi connectivity index (χ1v) is 9.95. The monoisotopic (exact) mass is 364 g/mol. The van der Waals surface area contributed by atoms with Gasteiger partial charge in [-0.1, -0.05) is 30.3 Å². The highest BCUT2D eigenvalue weighted by molar-refractivity contribution is 5.93. The molecule has 2 aliphatic rings. The van der Waals surface area contributed by atoms with Crippen molar-refractivity contribution in [2.45, 2.75) is 50.7 Å². The molecule has 2 aromatic carbocycles. The number of carbonyl (C=O) groups is 1. The van der Waals surface area contributed by atoms with Crippen molar-refractivity contribution in [1.82, 2.24) is 5.32 Å². The number of fused-ring (bicyclic) bond motifs is 2. The predicted molar refractivity (Wildman–Crippen MR) is 108 cm³/mol. The smallest absolute Gasteiger partial charge is 0.227 e. The minimum atomic E-state index is 0.218. The number of hydrogen-bond acceptors (Lipinski definition) is 3. The van der Waals surface area contributed by atoms with Gasteiger partial charge in [-0.2, -0.15) is 0 Å². The molecule has 4 heteroatoms. The summed E-state index contributed by atoms with van der Waals surface area (Å²) < 4.78 is 5.27. The Kier molecular flexibility index (Phi) is 5.44. The van der Waals surface area contributed by atoms with Crippen molar-refractivity contribution in [2.24, 2.45) is 5.92 Å². The average molecular weight is 364 g/mol. The van der Waals surface area contributed by atoms with E-state index in [1.807, 2.05) is 47.4 Å². The highest BCUT2D eigenvalue weighted by atomic mass is 16.5. The van der Waals surface area contributed by atoms with Gasteiger partial charge < -0.3 is 15.0 Å². The molecule has 2 bridgehead atoms. The number of benzene rings is 2. The number of rotatable bonds is 6. The lowest BCUT2D eigenvalue weighted by Gasteiger charge is -2.31. The number of amides is 1. The molecule has 2 heterocycles. The Labute approximate surface area is 161 Å². The quantitative estimate of drug-likeness (QED) is 0.837. The molecule has 2 atom stereocenters. The minimum Gasteiger partial charge on any atom is -0.497 e. The Bertz CT molecular complexity index is 748. The third kappa shape index (κ3) is 4.33. The van der Waals surface area contributed by atoms with Crippen molar-refractivity contribution >= 4 is 11.6 Å². The van der Waals surface area contributed by atoms with Crippen LogP contribution in [0, 0.1) is 5.92 Å². The molecular weight excluding hydrogens is 336 g/mol. The zero-order valence-corrected chi connectivity index (χ0v) is 15.9. The van der Waals surface area contributed by atoms with E-state index < -0.39 is 0 Å². The van der Waals surface area contributed by atoms with Crippen molar-refractivity contribution in [3.8, 4) is 5.75 Å². The molecule has 27 heavy (non-hydrogen) atoms.